The van der Waals surface area contributed by atoms with Gasteiger partial charge in [-0.2, -0.15) is 5.10 Å². The zero-order valence-corrected chi connectivity index (χ0v) is 16.5. The first-order valence-electron chi connectivity index (χ1n) is 9.95. The number of rotatable bonds is 3. The van der Waals surface area contributed by atoms with Crippen LogP contribution in [0.5, 0.6) is 0 Å². The van der Waals surface area contributed by atoms with Gasteiger partial charge < -0.3 is 4.98 Å². The molecule has 0 amide bonds. The molecular formula is C22H24N6. The lowest BCUT2D eigenvalue weighted by Crippen LogP contribution is -2.06. The molecule has 0 spiro atoms. The SMILES string of the molecule is Cc1cc(C)c(-n2nc(C3CCCC3)nc2-c2ccnc3nc[nH]c23)c(C)c1. The Bertz CT molecular complexity index is 1140. The Hall–Kier alpha value is -3.02. The topological polar surface area (TPSA) is 72.3 Å². The molecular weight excluding hydrogens is 348 g/mol. The van der Waals surface area contributed by atoms with Crippen LogP contribution in [0.2, 0.25) is 0 Å². The van der Waals surface area contributed by atoms with Crippen LogP contribution in [0.3, 0.4) is 0 Å². The maximum absolute atomic E-state index is 5.05. The van der Waals surface area contributed by atoms with Crippen molar-refractivity contribution in [2.75, 3.05) is 0 Å². The van der Waals surface area contributed by atoms with E-state index in [1.54, 1.807) is 12.5 Å². The molecule has 0 saturated heterocycles. The predicted molar refractivity (Wildman–Crippen MR) is 110 cm³/mol. The Kier molecular flexibility index (Phi) is 4.00. The molecule has 1 N–H and O–H groups in total. The van der Waals surface area contributed by atoms with Crippen molar-refractivity contribution in [1.29, 1.82) is 0 Å². The third kappa shape index (κ3) is 2.71. The number of aromatic nitrogens is 6. The lowest BCUT2D eigenvalue weighted by molar-refractivity contribution is 0.661. The maximum Gasteiger partial charge on any atom is 0.178 e. The van der Waals surface area contributed by atoms with E-state index in [1.807, 2.05) is 10.7 Å². The molecule has 6 nitrogen and oxygen atoms in total. The third-order valence-corrected chi connectivity index (χ3v) is 5.76. The summed E-state index contributed by atoms with van der Waals surface area (Å²) in [6.45, 7) is 6.43. The van der Waals surface area contributed by atoms with Crippen molar-refractivity contribution in [3.63, 3.8) is 0 Å². The number of imidazole rings is 1. The van der Waals surface area contributed by atoms with Crippen LogP contribution in [0.25, 0.3) is 28.2 Å². The fraction of sp³-hybridized carbons (Fsp3) is 0.364. The molecule has 4 aromatic rings. The lowest BCUT2D eigenvalue weighted by Gasteiger charge is -2.13. The van der Waals surface area contributed by atoms with Crippen molar-refractivity contribution in [3.8, 4) is 17.1 Å². The summed E-state index contributed by atoms with van der Waals surface area (Å²) in [4.78, 5) is 17.0. The van der Waals surface area contributed by atoms with Crippen molar-refractivity contribution in [3.05, 3.63) is 53.2 Å². The number of hydrogen-bond donors (Lipinski definition) is 1. The normalized spacial score (nSPS) is 15.0. The van der Waals surface area contributed by atoms with Gasteiger partial charge in [-0.1, -0.05) is 30.5 Å². The van der Waals surface area contributed by atoms with Crippen LogP contribution < -0.4 is 0 Å². The smallest absolute Gasteiger partial charge is 0.178 e. The van der Waals surface area contributed by atoms with Gasteiger partial charge in [0.25, 0.3) is 0 Å². The van der Waals surface area contributed by atoms with E-state index in [9.17, 15) is 0 Å². The van der Waals surface area contributed by atoms with Crippen LogP contribution in [-0.2, 0) is 0 Å². The highest BCUT2D eigenvalue weighted by Crippen LogP contribution is 2.36. The van der Waals surface area contributed by atoms with E-state index in [-0.39, 0.29) is 0 Å². The second kappa shape index (κ2) is 6.55. The average Bonchev–Trinajstić information content (AvgIpc) is 3.40. The molecule has 6 heteroatoms. The van der Waals surface area contributed by atoms with E-state index in [1.165, 1.54) is 42.4 Å². The predicted octanol–water partition coefficient (Wildman–Crippen LogP) is 4.79. The van der Waals surface area contributed by atoms with Crippen molar-refractivity contribution >= 4 is 11.2 Å². The highest BCUT2D eigenvalue weighted by atomic mass is 15.4. The summed E-state index contributed by atoms with van der Waals surface area (Å²) in [7, 11) is 0. The van der Waals surface area contributed by atoms with E-state index in [0.717, 1.165) is 28.4 Å². The number of hydrogen-bond acceptors (Lipinski definition) is 4. The molecule has 3 aromatic heterocycles. The summed E-state index contributed by atoms with van der Waals surface area (Å²) < 4.78 is 2.04. The van der Waals surface area contributed by atoms with Crippen molar-refractivity contribution in [2.24, 2.45) is 0 Å². The fourth-order valence-corrected chi connectivity index (χ4v) is 4.56. The monoisotopic (exact) mass is 372 g/mol. The van der Waals surface area contributed by atoms with Gasteiger partial charge in [-0.3, -0.25) is 0 Å². The molecule has 1 aliphatic carbocycles. The summed E-state index contributed by atoms with van der Waals surface area (Å²) in [5.41, 5.74) is 7.37. The number of nitrogens with one attached hydrogen (secondary N) is 1. The highest BCUT2D eigenvalue weighted by Gasteiger charge is 2.26. The van der Waals surface area contributed by atoms with Gasteiger partial charge >= 0.3 is 0 Å². The van der Waals surface area contributed by atoms with Gasteiger partial charge in [0.2, 0.25) is 0 Å². The number of benzene rings is 1. The highest BCUT2D eigenvalue weighted by molar-refractivity contribution is 5.87. The number of aromatic amines is 1. The van der Waals surface area contributed by atoms with Crippen molar-refractivity contribution in [2.45, 2.75) is 52.4 Å². The Morgan fingerprint density at radius 3 is 2.54 bits per heavy atom. The molecule has 0 bridgehead atoms. The molecule has 1 saturated carbocycles. The minimum Gasteiger partial charge on any atom is -0.343 e. The van der Waals surface area contributed by atoms with Gasteiger partial charge in [0.05, 0.1) is 17.5 Å². The lowest BCUT2D eigenvalue weighted by atomic mass is 10.0. The molecule has 28 heavy (non-hydrogen) atoms. The summed E-state index contributed by atoms with van der Waals surface area (Å²) in [5.74, 6) is 2.26. The first-order valence-corrected chi connectivity index (χ1v) is 9.95. The number of aryl methyl sites for hydroxylation is 3. The van der Waals surface area contributed by atoms with Gasteiger partial charge in [0.1, 0.15) is 0 Å². The quantitative estimate of drug-likeness (QED) is 0.561. The Balaban J connectivity index is 1.78. The van der Waals surface area contributed by atoms with Gasteiger partial charge in [0.15, 0.2) is 17.3 Å². The zero-order chi connectivity index (χ0) is 19.3. The van der Waals surface area contributed by atoms with Crippen LogP contribution in [0, 0.1) is 20.8 Å². The molecule has 5 rings (SSSR count). The molecule has 0 aliphatic heterocycles. The minimum atomic E-state index is 0.449. The van der Waals surface area contributed by atoms with Crippen LogP contribution in [-0.4, -0.2) is 29.7 Å². The van der Waals surface area contributed by atoms with E-state index in [0.29, 0.717) is 11.6 Å². The molecule has 1 fully saturated rings. The van der Waals surface area contributed by atoms with E-state index in [2.05, 4.69) is 47.9 Å². The number of nitrogens with zero attached hydrogens (tertiary/aromatic N) is 5. The molecule has 3 heterocycles. The fourth-order valence-electron chi connectivity index (χ4n) is 4.56. The molecule has 1 aliphatic rings. The van der Waals surface area contributed by atoms with Crippen LogP contribution in [0.4, 0.5) is 0 Å². The van der Waals surface area contributed by atoms with E-state index >= 15 is 0 Å². The van der Waals surface area contributed by atoms with E-state index in [4.69, 9.17) is 10.1 Å². The first kappa shape index (κ1) is 17.1. The second-order valence-corrected chi connectivity index (χ2v) is 7.89. The molecule has 0 radical (unpaired) electrons. The summed E-state index contributed by atoms with van der Waals surface area (Å²) in [6.07, 6.45) is 8.34. The van der Waals surface area contributed by atoms with Crippen LogP contribution >= 0.6 is 0 Å². The van der Waals surface area contributed by atoms with Crippen molar-refractivity contribution < 1.29 is 0 Å². The summed E-state index contributed by atoms with van der Waals surface area (Å²) in [6, 6.07) is 6.42. The van der Waals surface area contributed by atoms with Crippen molar-refractivity contribution in [1.82, 2.24) is 29.7 Å². The molecule has 0 atom stereocenters. The summed E-state index contributed by atoms with van der Waals surface area (Å²) >= 11 is 0. The zero-order valence-electron chi connectivity index (χ0n) is 16.5. The van der Waals surface area contributed by atoms with Gasteiger partial charge in [0, 0.05) is 17.7 Å². The minimum absolute atomic E-state index is 0.449. The van der Waals surface area contributed by atoms with Gasteiger partial charge in [-0.15, -0.1) is 0 Å². The number of H-pyrrole nitrogens is 1. The Labute approximate surface area is 164 Å². The maximum atomic E-state index is 5.05. The van der Waals surface area contributed by atoms with E-state index < -0.39 is 0 Å². The van der Waals surface area contributed by atoms with Crippen LogP contribution in [0.1, 0.15) is 54.1 Å². The first-order chi connectivity index (χ1) is 13.6. The Morgan fingerprint density at radius 1 is 1.04 bits per heavy atom. The summed E-state index contributed by atoms with van der Waals surface area (Å²) in [5, 5.41) is 5.03. The Morgan fingerprint density at radius 2 is 1.79 bits per heavy atom. The third-order valence-electron chi connectivity index (χ3n) is 5.76. The largest absolute Gasteiger partial charge is 0.343 e. The standard InChI is InChI=1S/C22H24N6/c1-13-10-14(2)19(15(3)11-13)28-22(26-20(27-28)16-6-4-5-7-16)17-8-9-23-21-18(17)24-12-25-21/h8-12,16H,4-7H2,1-3H3,(H,23,24,25). The van der Waals surface area contributed by atoms with Crippen LogP contribution in [0.15, 0.2) is 30.7 Å². The molecule has 142 valence electrons. The van der Waals surface area contributed by atoms with Gasteiger partial charge in [-0.25, -0.2) is 19.6 Å². The average molecular weight is 372 g/mol. The number of pyridine rings is 1. The molecule has 1 aromatic carbocycles. The molecule has 0 unspecified atom stereocenters. The number of fused-ring (bicyclic) bond motifs is 1. The second-order valence-electron chi connectivity index (χ2n) is 7.89. The van der Waals surface area contributed by atoms with Gasteiger partial charge in [-0.05, 0) is 50.8 Å².